The number of alkyl halides is 1. The molecule has 22 heavy (non-hydrogen) atoms. The zero-order chi connectivity index (χ0) is 16.0. The van der Waals surface area contributed by atoms with Crippen molar-refractivity contribution in [2.45, 2.75) is 31.1 Å². The molecule has 2 unspecified atom stereocenters. The summed E-state index contributed by atoms with van der Waals surface area (Å²) >= 11 is 3.87. The van der Waals surface area contributed by atoms with Gasteiger partial charge in [0.1, 0.15) is 11.9 Å². The SMILES string of the molecule is CCC[N+]1(c2ccccc2)C=CC=C(C(=O)OC)CCC1Br. The van der Waals surface area contributed by atoms with E-state index in [2.05, 4.69) is 53.3 Å². The van der Waals surface area contributed by atoms with Crippen molar-refractivity contribution in [2.24, 2.45) is 0 Å². The molecule has 0 bridgehead atoms. The Morgan fingerprint density at radius 2 is 2.09 bits per heavy atom. The number of halogens is 1. The van der Waals surface area contributed by atoms with Crippen molar-refractivity contribution < 1.29 is 9.53 Å². The maximum absolute atomic E-state index is 11.8. The van der Waals surface area contributed by atoms with Gasteiger partial charge in [-0.2, -0.15) is 0 Å². The highest BCUT2D eigenvalue weighted by molar-refractivity contribution is 9.09. The maximum atomic E-state index is 11.8. The third-order valence-electron chi connectivity index (χ3n) is 4.08. The lowest BCUT2D eigenvalue weighted by molar-refractivity contribution is -0.136. The summed E-state index contributed by atoms with van der Waals surface area (Å²) in [5.74, 6) is -0.237. The number of ether oxygens (including phenoxy) is 1. The van der Waals surface area contributed by atoms with E-state index in [-0.39, 0.29) is 10.9 Å². The first-order valence-electron chi connectivity index (χ1n) is 7.68. The van der Waals surface area contributed by atoms with Crippen LogP contribution in [0.25, 0.3) is 0 Å². The zero-order valence-electron chi connectivity index (χ0n) is 13.2. The Labute approximate surface area is 141 Å². The van der Waals surface area contributed by atoms with Gasteiger partial charge in [0.15, 0.2) is 4.95 Å². The lowest BCUT2D eigenvalue weighted by atomic mass is 10.1. The molecule has 1 aliphatic rings. The van der Waals surface area contributed by atoms with Crippen molar-refractivity contribution in [1.29, 1.82) is 0 Å². The molecule has 4 heteroatoms. The van der Waals surface area contributed by atoms with Gasteiger partial charge >= 0.3 is 5.97 Å². The molecule has 0 saturated carbocycles. The summed E-state index contributed by atoms with van der Waals surface area (Å²) in [5, 5.41) is 0. The van der Waals surface area contributed by atoms with E-state index in [1.807, 2.05) is 18.2 Å². The molecule has 0 amide bonds. The van der Waals surface area contributed by atoms with Crippen molar-refractivity contribution in [1.82, 2.24) is 4.48 Å². The molecular formula is C18H23BrNO2+. The smallest absolute Gasteiger partial charge is 0.333 e. The highest BCUT2D eigenvalue weighted by atomic mass is 79.9. The molecule has 2 rings (SSSR count). The van der Waals surface area contributed by atoms with E-state index in [1.165, 1.54) is 12.8 Å². The molecule has 2 atom stereocenters. The molecule has 0 spiro atoms. The van der Waals surface area contributed by atoms with E-state index < -0.39 is 0 Å². The molecule has 0 radical (unpaired) electrons. The second-order valence-corrected chi connectivity index (χ2v) is 6.54. The highest BCUT2D eigenvalue weighted by Gasteiger charge is 2.36. The van der Waals surface area contributed by atoms with E-state index in [0.29, 0.717) is 6.42 Å². The fourth-order valence-corrected chi connectivity index (χ4v) is 3.77. The van der Waals surface area contributed by atoms with Gasteiger partial charge in [0.25, 0.3) is 0 Å². The van der Waals surface area contributed by atoms with E-state index in [4.69, 9.17) is 4.74 Å². The van der Waals surface area contributed by atoms with Gasteiger partial charge in [0.2, 0.25) is 0 Å². The van der Waals surface area contributed by atoms with Gasteiger partial charge in [-0.15, -0.1) is 0 Å². The van der Waals surface area contributed by atoms with Crippen LogP contribution in [0.5, 0.6) is 0 Å². The Morgan fingerprint density at radius 1 is 1.36 bits per heavy atom. The van der Waals surface area contributed by atoms with E-state index in [9.17, 15) is 4.79 Å². The Hall–Kier alpha value is -1.39. The molecule has 3 nitrogen and oxygen atoms in total. The first-order chi connectivity index (χ1) is 10.6. The Kier molecular flexibility index (Phi) is 5.98. The van der Waals surface area contributed by atoms with Crippen molar-refractivity contribution in [3.05, 3.63) is 54.3 Å². The minimum absolute atomic E-state index is 0.222. The lowest BCUT2D eigenvalue weighted by Crippen LogP contribution is -2.50. The number of esters is 1. The zero-order valence-corrected chi connectivity index (χ0v) is 14.8. The third kappa shape index (κ3) is 3.50. The molecule has 0 aromatic heterocycles. The van der Waals surface area contributed by atoms with Crippen LogP contribution in [0.1, 0.15) is 26.2 Å². The number of carbonyl (C=O) groups excluding carboxylic acids is 1. The molecule has 0 aliphatic carbocycles. The van der Waals surface area contributed by atoms with Gasteiger partial charge in [0.05, 0.1) is 13.7 Å². The molecule has 1 aromatic rings. The van der Waals surface area contributed by atoms with E-state index in [1.54, 1.807) is 0 Å². The predicted octanol–water partition coefficient (Wildman–Crippen LogP) is 4.53. The van der Waals surface area contributed by atoms with E-state index in [0.717, 1.165) is 29.4 Å². The van der Waals surface area contributed by atoms with Crippen molar-refractivity contribution in [3.63, 3.8) is 0 Å². The molecule has 0 saturated heterocycles. The van der Waals surface area contributed by atoms with Crippen LogP contribution >= 0.6 is 15.9 Å². The van der Waals surface area contributed by atoms with Crippen molar-refractivity contribution in [3.8, 4) is 0 Å². The van der Waals surface area contributed by atoms with Gasteiger partial charge in [-0.3, -0.25) is 4.48 Å². The molecule has 0 fully saturated rings. The number of benzene rings is 1. The van der Waals surface area contributed by atoms with Crippen LogP contribution in [-0.2, 0) is 9.53 Å². The summed E-state index contributed by atoms with van der Waals surface area (Å²) in [6.45, 7) is 3.21. The topological polar surface area (TPSA) is 26.3 Å². The molecule has 118 valence electrons. The number of allylic oxidation sites excluding steroid dienone is 2. The van der Waals surface area contributed by atoms with Crippen LogP contribution in [0.3, 0.4) is 0 Å². The Balaban J connectivity index is 2.43. The molecule has 0 N–H and O–H groups in total. The number of rotatable bonds is 4. The number of methoxy groups -OCH3 is 1. The second-order valence-electron chi connectivity index (χ2n) is 5.49. The minimum atomic E-state index is -0.237. The Morgan fingerprint density at radius 3 is 2.73 bits per heavy atom. The molecule has 1 aromatic carbocycles. The summed E-state index contributed by atoms with van der Waals surface area (Å²) in [7, 11) is 1.43. The number of hydrogen-bond donors (Lipinski definition) is 0. The second kappa shape index (κ2) is 7.75. The molecular weight excluding hydrogens is 342 g/mol. The average molecular weight is 365 g/mol. The third-order valence-corrected chi connectivity index (χ3v) is 5.27. The van der Waals surface area contributed by atoms with Gasteiger partial charge in [0, 0.05) is 12.0 Å². The van der Waals surface area contributed by atoms with Gasteiger partial charge < -0.3 is 4.74 Å². The monoisotopic (exact) mass is 364 g/mol. The van der Waals surface area contributed by atoms with Crippen LogP contribution in [0.2, 0.25) is 0 Å². The summed E-state index contributed by atoms with van der Waals surface area (Å²) < 4.78 is 5.60. The number of carbonyl (C=O) groups is 1. The fraction of sp³-hybridized carbons (Fsp3) is 0.389. The highest BCUT2D eigenvalue weighted by Crippen LogP contribution is 2.35. The maximum Gasteiger partial charge on any atom is 0.333 e. The van der Waals surface area contributed by atoms with Gasteiger partial charge in [-0.25, -0.2) is 4.79 Å². The first kappa shape index (κ1) is 17.0. The number of para-hydroxylation sites is 1. The average Bonchev–Trinajstić information content (AvgIpc) is 2.55. The van der Waals surface area contributed by atoms with E-state index >= 15 is 0 Å². The van der Waals surface area contributed by atoms with Gasteiger partial charge in [-0.1, -0.05) is 25.1 Å². The van der Waals surface area contributed by atoms with Crippen molar-refractivity contribution >= 4 is 27.6 Å². The largest absolute Gasteiger partial charge is 0.466 e. The number of hydrogen-bond acceptors (Lipinski definition) is 2. The minimum Gasteiger partial charge on any atom is -0.466 e. The van der Waals surface area contributed by atoms with Gasteiger partial charge in [-0.05, 0) is 53.1 Å². The summed E-state index contributed by atoms with van der Waals surface area (Å²) in [6, 6.07) is 10.5. The van der Waals surface area contributed by atoms with Crippen LogP contribution in [-0.4, -0.2) is 24.6 Å². The predicted molar refractivity (Wildman–Crippen MR) is 94.6 cm³/mol. The number of quaternary nitrogens is 1. The van der Waals surface area contributed by atoms with Crippen LogP contribution in [0.4, 0.5) is 5.69 Å². The molecule has 1 aliphatic heterocycles. The first-order valence-corrected chi connectivity index (χ1v) is 8.59. The normalized spacial score (nSPS) is 25.0. The fourth-order valence-electron chi connectivity index (χ4n) is 2.96. The summed E-state index contributed by atoms with van der Waals surface area (Å²) in [6.07, 6.45) is 8.72. The van der Waals surface area contributed by atoms with Crippen LogP contribution in [0.15, 0.2) is 54.3 Å². The standard InChI is InChI=1S/C18H23BrNO2/c1-3-13-20(16-9-5-4-6-10-16)14-7-8-15(18(21)22-2)11-12-17(20)19/h4-10,14,17H,3,11-13H2,1-2H3/q+1. The quantitative estimate of drug-likeness (QED) is 0.339. The Bertz CT molecular complexity index is 568. The summed E-state index contributed by atoms with van der Waals surface area (Å²) in [4.78, 5) is 12.0. The molecule has 1 heterocycles. The summed E-state index contributed by atoms with van der Waals surface area (Å²) in [5.41, 5.74) is 1.99. The number of nitrogens with zero attached hydrogens (tertiary/aromatic N) is 1. The lowest BCUT2D eigenvalue weighted by Gasteiger charge is -2.39. The van der Waals surface area contributed by atoms with Crippen molar-refractivity contribution in [2.75, 3.05) is 13.7 Å². The van der Waals surface area contributed by atoms with Crippen LogP contribution in [0, 0.1) is 0 Å². The van der Waals surface area contributed by atoms with Crippen LogP contribution < -0.4 is 4.48 Å².